The summed E-state index contributed by atoms with van der Waals surface area (Å²) in [7, 11) is 0. The first kappa shape index (κ1) is 22.1. The zero-order chi connectivity index (χ0) is 22.9. The Labute approximate surface area is 190 Å². The molecule has 1 heterocycles. The molecule has 0 saturated heterocycles. The van der Waals surface area contributed by atoms with Crippen molar-refractivity contribution in [2.24, 2.45) is 0 Å². The van der Waals surface area contributed by atoms with Crippen LogP contribution in [0.2, 0.25) is 0 Å². The quantitative estimate of drug-likeness (QED) is 0.511. The Morgan fingerprint density at radius 3 is 2.38 bits per heavy atom. The van der Waals surface area contributed by atoms with Crippen LogP contribution in [0, 0.1) is 6.92 Å². The molecule has 166 valence electrons. The van der Waals surface area contributed by atoms with Crippen molar-refractivity contribution in [1.82, 2.24) is 4.98 Å². The Morgan fingerprint density at radius 1 is 1.03 bits per heavy atom. The number of aromatic nitrogens is 1. The normalized spacial score (nSPS) is 16.0. The van der Waals surface area contributed by atoms with Gasteiger partial charge in [0.1, 0.15) is 5.69 Å². The average Bonchev–Trinajstić information content (AvgIpc) is 3.11. The number of nitrogens with one attached hydrogen (secondary N) is 1. The lowest BCUT2D eigenvalue weighted by Gasteiger charge is -2.24. The molecule has 4 rings (SSSR count). The van der Waals surface area contributed by atoms with E-state index in [0.29, 0.717) is 42.7 Å². The van der Waals surface area contributed by atoms with Crippen LogP contribution in [0.25, 0.3) is 0 Å². The van der Waals surface area contributed by atoms with Crippen molar-refractivity contribution in [3.63, 3.8) is 0 Å². The maximum atomic E-state index is 13.0. The number of aromatic amines is 1. The van der Waals surface area contributed by atoms with Gasteiger partial charge in [0.25, 0.3) is 0 Å². The minimum atomic E-state index is -0.397. The number of benzene rings is 2. The van der Waals surface area contributed by atoms with Crippen LogP contribution in [0.4, 0.5) is 0 Å². The molecule has 2 aromatic carbocycles. The second-order valence-electron chi connectivity index (χ2n) is 9.75. The van der Waals surface area contributed by atoms with E-state index in [4.69, 9.17) is 4.74 Å². The summed E-state index contributed by atoms with van der Waals surface area (Å²) in [6.07, 6.45) is 1.84. The first-order valence-corrected chi connectivity index (χ1v) is 11.3. The molecule has 0 amide bonds. The molecule has 3 aromatic rings. The molecule has 1 aromatic heterocycles. The molecule has 0 bridgehead atoms. The lowest BCUT2D eigenvalue weighted by molar-refractivity contribution is 0.0502. The number of esters is 1. The van der Waals surface area contributed by atoms with Crippen molar-refractivity contribution >= 4 is 11.8 Å². The number of H-pyrrole nitrogens is 1. The summed E-state index contributed by atoms with van der Waals surface area (Å²) in [5, 5.41) is 0. The summed E-state index contributed by atoms with van der Waals surface area (Å²) in [5.74, 6) is -0.191. The number of hydrogen-bond donors (Lipinski definition) is 1. The Hall–Kier alpha value is -3.14. The van der Waals surface area contributed by atoms with Crippen molar-refractivity contribution in [3.05, 3.63) is 93.8 Å². The molecule has 32 heavy (non-hydrogen) atoms. The number of carbonyl (C=O) groups is 2. The van der Waals surface area contributed by atoms with Crippen LogP contribution >= 0.6 is 0 Å². The van der Waals surface area contributed by atoms with Crippen LogP contribution in [0.5, 0.6) is 0 Å². The van der Waals surface area contributed by atoms with Crippen molar-refractivity contribution < 1.29 is 14.3 Å². The van der Waals surface area contributed by atoms with Gasteiger partial charge in [0.2, 0.25) is 0 Å². The van der Waals surface area contributed by atoms with Gasteiger partial charge < -0.3 is 9.72 Å². The Morgan fingerprint density at radius 2 is 1.72 bits per heavy atom. The monoisotopic (exact) mass is 429 g/mol. The number of fused-ring (bicyclic) bond motifs is 1. The van der Waals surface area contributed by atoms with Gasteiger partial charge >= 0.3 is 5.97 Å². The van der Waals surface area contributed by atoms with E-state index in [1.807, 2.05) is 37.3 Å². The number of Topliss-reactive ketones (excluding diaryl/α,β-unsaturated/α-hetero) is 1. The van der Waals surface area contributed by atoms with E-state index in [-0.39, 0.29) is 17.1 Å². The number of hydrogen-bond acceptors (Lipinski definition) is 3. The van der Waals surface area contributed by atoms with Crippen molar-refractivity contribution in [2.45, 2.75) is 58.3 Å². The predicted molar refractivity (Wildman–Crippen MR) is 126 cm³/mol. The predicted octanol–water partition coefficient (Wildman–Crippen LogP) is 5.93. The molecule has 0 aliphatic heterocycles. The fourth-order valence-electron chi connectivity index (χ4n) is 4.51. The molecule has 0 radical (unpaired) electrons. The van der Waals surface area contributed by atoms with Gasteiger partial charge in [-0.2, -0.15) is 0 Å². The standard InChI is InChI=1S/C28H31NO3/c1-18-25-23(29-26(18)27(31)32-15-14-19-8-6-5-7-9-19)16-21(17-24(25)30)20-10-12-22(13-11-20)28(2,3)4/h5-13,21,29H,14-17H2,1-4H3. The van der Waals surface area contributed by atoms with Gasteiger partial charge in [-0.25, -0.2) is 4.79 Å². The SMILES string of the molecule is Cc1c(C(=O)OCCc2ccccc2)[nH]c2c1C(=O)CC(c1ccc(C(C)(C)C)cc1)C2. The third kappa shape index (κ3) is 4.55. The second kappa shape index (κ2) is 8.78. The first-order chi connectivity index (χ1) is 15.2. The summed E-state index contributed by atoms with van der Waals surface area (Å²) in [6.45, 7) is 8.73. The molecule has 0 spiro atoms. The molecule has 1 aliphatic carbocycles. The van der Waals surface area contributed by atoms with Gasteiger partial charge in [-0.05, 0) is 46.9 Å². The maximum Gasteiger partial charge on any atom is 0.355 e. The fraction of sp³-hybridized carbons (Fsp3) is 0.357. The highest BCUT2D eigenvalue weighted by molar-refractivity contribution is 6.03. The third-order valence-corrected chi connectivity index (χ3v) is 6.41. The van der Waals surface area contributed by atoms with Gasteiger partial charge in [-0.3, -0.25) is 4.79 Å². The largest absolute Gasteiger partial charge is 0.461 e. The van der Waals surface area contributed by atoms with Crippen LogP contribution < -0.4 is 0 Å². The summed E-state index contributed by atoms with van der Waals surface area (Å²) in [4.78, 5) is 28.9. The fourth-order valence-corrected chi connectivity index (χ4v) is 4.51. The molecular formula is C28H31NO3. The molecule has 1 unspecified atom stereocenters. The van der Waals surface area contributed by atoms with Gasteiger partial charge in [0, 0.05) is 24.1 Å². The van der Waals surface area contributed by atoms with Crippen LogP contribution in [0.3, 0.4) is 0 Å². The Balaban J connectivity index is 1.47. The van der Waals surface area contributed by atoms with Crippen LogP contribution in [0.15, 0.2) is 54.6 Å². The van der Waals surface area contributed by atoms with E-state index >= 15 is 0 Å². The van der Waals surface area contributed by atoms with Crippen molar-refractivity contribution in [3.8, 4) is 0 Å². The smallest absolute Gasteiger partial charge is 0.355 e. The van der Waals surface area contributed by atoms with Crippen LogP contribution in [-0.2, 0) is 23.0 Å². The van der Waals surface area contributed by atoms with Crippen molar-refractivity contribution in [2.75, 3.05) is 6.61 Å². The van der Waals surface area contributed by atoms with Gasteiger partial charge in [-0.1, -0.05) is 75.4 Å². The van der Waals surface area contributed by atoms with Crippen molar-refractivity contribution in [1.29, 1.82) is 0 Å². The molecule has 1 atom stereocenters. The summed E-state index contributed by atoms with van der Waals surface area (Å²) in [5.41, 5.74) is 6.29. The number of rotatable bonds is 5. The van der Waals surface area contributed by atoms with E-state index in [0.717, 1.165) is 16.8 Å². The van der Waals surface area contributed by atoms with Crippen LogP contribution in [0.1, 0.15) is 81.9 Å². The minimum absolute atomic E-state index is 0.0910. The van der Waals surface area contributed by atoms with E-state index in [1.165, 1.54) is 5.56 Å². The molecule has 1 aliphatic rings. The third-order valence-electron chi connectivity index (χ3n) is 6.41. The van der Waals surface area contributed by atoms with E-state index < -0.39 is 5.97 Å². The van der Waals surface area contributed by atoms with E-state index in [9.17, 15) is 9.59 Å². The maximum absolute atomic E-state index is 13.0. The molecular weight excluding hydrogens is 398 g/mol. The summed E-state index contributed by atoms with van der Waals surface area (Å²) in [6, 6.07) is 18.5. The van der Waals surface area contributed by atoms with Gasteiger partial charge in [0.05, 0.1) is 6.61 Å². The highest BCUT2D eigenvalue weighted by atomic mass is 16.5. The molecule has 4 heteroatoms. The van der Waals surface area contributed by atoms with Crippen LogP contribution in [-0.4, -0.2) is 23.3 Å². The lowest BCUT2D eigenvalue weighted by atomic mass is 9.80. The zero-order valence-electron chi connectivity index (χ0n) is 19.3. The Kier molecular flexibility index (Phi) is 6.05. The zero-order valence-corrected chi connectivity index (χ0v) is 19.3. The van der Waals surface area contributed by atoms with E-state index in [1.54, 1.807) is 0 Å². The van der Waals surface area contributed by atoms with E-state index in [2.05, 4.69) is 50.0 Å². The second-order valence-corrected chi connectivity index (χ2v) is 9.75. The average molecular weight is 430 g/mol. The summed E-state index contributed by atoms with van der Waals surface area (Å²) >= 11 is 0. The molecule has 0 fully saturated rings. The highest BCUT2D eigenvalue weighted by Gasteiger charge is 2.32. The Bertz CT molecular complexity index is 1120. The molecule has 4 nitrogen and oxygen atoms in total. The molecule has 1 N–H and O–H groups in total. The van der Waals surface area contributed by atoms with Gasteiger partial charge in [0.15, 0.2) is 5.78 Å². The summed E-state index contributed by atoms with van der Waals surface area (Å²) < 4.78 is 5.50. The number of ether oxygens (including phenoxy) is 1. The topological polar surface area (TPSA) is 59.2 Å². The first-order valence-electron chi connectivity index (χ1n) is 11.3. The molecule has 0 saturated carbocycles. The number of carbonyl (C=O) groups excluding carboxylic acids is 2. The minimum Gasteiger partial charge on any atom is -0.461 e. The lowest BCUT2D eigenvalue weighted by Crippen LogP contribution is -2.19. The van der Waals surface area contributed by atoms with Gasteiger partial charge in [-0.15, -0.1) is 0 Å². The highest BCUT2D eigenvalue weighted by Crippen LogP contribution is 2.36. The number of ketones is 1.